The molecule has 0 unspecified atom stereocenters. The van der Waals surface area contributed by atoms with E-state index in [9.17, 15) is 57.8 Å². The van der Waals surface area contributed by atoms with Gasteiger partial charge in [-0.15, -0.1) is 0 Å². The fraction of sp³-hybridized carbons (Fsp3) is 0.606. The van der Waals surface area contributed by atoms with Gasteiger partial charge in [0.1, 0.15) is 78.5 Å². The number of benzene rings is 3. The van der Waals surface area contributed by atoms with Gasteiger partial charge in [0.25, 0.3) is 0 Å². The molecule has 0 bridgehead atoms. The third kappa shape index (κ3) is 42.6. The zero-order valence-electron chi connectivity index (χ0n) is 80.6. The molecule has 16 atom stereocenters. The van der Waals surface area contributed by atoms with Crippen molar-refractivity contribution >= 4 is 112 Å². The summed E-state index contributed by atoms with van der Waals surface area (Å²) in [6.45, 7) is 18.4. The van der Waals surface area contributed by atoms with E-state index < -0.39 is 185 Å². The molecular formula is C94H155N27O15. The summed E-state index contributed by atoms with van der Waals surface area (Å²) < 4.78 is 0. The Morgan fingerprint density at radius 3 is 1.01 bits per heavy atom. The molecule has 0 saturated carbocycles. The maximum absolute atomic E-state index is 15.1. The van der Waals surface area contributed by atoms with Crippen molar-refractivity contribution in [2.75, 3.05) is 39.3 Å². The van der Waals surface area contributed by atoms with E-state index in [1.165, 1.54) is 0 Å². The Morgan fingerprint density at radius 2 is 0.632 bits per heavy atom. The number of para-hydroxylation sites is 1. The van der Waals surface area contributed by atoms with Gasteiger partial charge in [-0.1, -0.05) is 161 Å². The third-order valence-electron chi connectivity index (χ3n) is 23.4. The molecule has 0 aliphatic carbocycles. The molecule has 0 saturated heterocycles. The summed E-state index contributed by atoms with van der Waals surface area (Å²) in [5.74, 6) is -15.3. The summed E-state index contributed by atoms with van der Waals surface area (Å²) >= 11 is 0. The number of aromatic amines is 1. The summed E-state index contributed by atoms with van der Waals surface area (Å²) in [7, 11) is 0. The molecule has 3 aromatic carbocycles. The van der Waals surface area contributed by atoms with E-state index in [1.54, 1.807) is 112 Å². The van der Waals surface area contributed by atoms with Gasteiger partial charge in [0, 0.05) is 49.6 Å². The maximum atomic E-state index is 15.1. The predicted octanol–water partition coefficient (Wildman–Crippen LogP) is -0.0727. The van der Waals surface area contributed by atoms with Crippen LogP contribution in [-0.4, -0.2) is 235 Å². The van der Waals surface area contributed by atoms with Crippen LogP contribution in [0.15, 0.2) is 91.1 Å². The highest BCUT2D eigenvalue weighted by Crippen LogP contribution is 2.23. The number of fused-ring (bicyclic) bond motifs is 1. The Bertz CT molecular complexity index is 4480. The van der Waals surface area contributed by atoms with Crippen LogP contribution >= 0.6 is 0 Å². The summed E-state index contributed by atoms with van der Waals surface area (Å²) in [5, 5.41) is 78.1. The molecule has 42 nitrogen and oxygen atoms in total. The van der Waals surface area contributed by atoms with E-state index in [0.29, 0.717) is 49.7 Å². The largest absolute Gasteiger partial charge is 0.480 e. The second-order valence-electron chi connectivity index (χ2n) is 36.0. The first kappa shape index (κ1) is 116. The van der Waals surface area contributed by atoms with Crippen molar-refractivity contribution in [1.29, 1.82) is 16.2 Å². The maximum Gasteiger partial charge on any atom is 0.326 e. The van der Waals surface area contributed by atoms with E-state index in [-0.39, 0.29) is 172 Å². The minimum Gasteiger partial charge on any atom is -0.480 e. The van der Waals surface area contributed by atoms with Gasteiger partial charge < -0.3 is 135 Å². The Kier molecular flexibility index (Phi) is 52.9. The molecule has 1 aromatic heterocycles. The first-order valence-corrected chi connectivity index (χ1v) is 47.6. The van der Waals surface area contributed by atoms with Crippen molar-refractivity contribution in [2.24, 2.45) is 69.7 Å². The van der Waals surface area contributed by atoms with Gasteiger partial charge in [-0.25, -0.2) is 4.79 Å². The topological polar surface area (TPSA) is 721 Å². The fourth-order valence-electron chi connectivity index (χ4n) is 15.2. The molecule has 4 rings (SSSR count). The lowest BCUT2D eigenvalue weighted by Crippen LogP contribution is -2.62. The number of hydrogen-bond donors (Lipinski definition) is 28. The smallest absolute Gasteiger partial charge is 0.326 e. The summed E-state index contributed by atoms with van der Waals surface area (Å²) in [6, 6.07) is 6.31. The van der Waals surface area contributed by atoms with Crippen LogP contribution in [-0.2, 0) is 86.4 Å². The number of unbranched alkanes of at least 4 members (excludes halogenated alkanes) is 3. The second-order valence-corrected chi connectivity index (χ2v) is 36.0. The molecule has 4 aromatic rings. The van der Waals surface area contributed by atoms with Crippen molar-refractivity contribution in [1.82, 2.24) is 90.1 Å². The molecule has 0 fully saturated rings. The van der Waals surface area contributed by atoms with Crippen molar-refractivity contribution in [3.05, 3.63) is 108 Å². The Hall–Kier alpha value is -12.6. The van der Waals surface area contributed by atoms with Crippen molar-refractivity contribution in [3.63, 3.8) is 0 Å². The van der Waals surface area contributed by atoms with Crippen molar-refractivity contribution < 1.29 is 72.2 Å². The molecule has 13 amide bonds. The standard InChI is InChI=1S/C94H155N27O15/c1-11-57(9)76(89(133)113-69(40-28-46-106-93(101)102)80(124)110-67(38-23-26-44-97)83(127)120-77(58(10)12-2)90(134)118-74(52-61-53-108-64-35-20-19-34-62(61)64)86(130)114-70(91(135)136)41-29-47-107-94(103)104)121-87(131)72(49-55(5)6)116-81(125)65(36-21-24-42-95)111-84(128)71(48-54(3)4)117-88(132)75(56(7)8)119-82(126)66(37-22-25-43-96)109-79(123)68(39-27-45-105-92(99)100)112-85(129)73(51-60-32-17-14-18-33-60)115-78(122)63(98)50-59-30-15-13-16-31-59/h13-20,30-35,53-58,63,65-77,108H,11-12,21-29,36-52,95-98H2,1-10H3,(H,109,123)(H,110,124)(H,111,128)(H,112,129)(H,113,133)(H,114,130)(H,115,122)(H,116,125)(H,117,132)(H,118,134)(H,119,126)(H,120,127)(H,121,131)(H,135,136)(H4,99,100,105)(H4,101,102,106)(H4,103,104,107)/t57-,58-,63-,65-,66-,67-,68-,69-,70-,71-,72-,73-,74-,75-,76-,77-/m0/s1. The van der Waals surface area contributed by atoms with E-state index in [1.807, 2.05) is 48.5 Å². The first-order valence-electron chi connectivity index (χ1n) is 47.6. The quantitative estimate of drug-likeness (QED) is 0.0156. The highest BCUT2D eigenvalue weighted by atomic mass is 16.4. The number of carboxylic acid groups (broad SMARTS) is 1. The lowest BCUT2D eigenvalue weighted by Gasteiger charge is -2.31. The van der Waals surface area contributed by atoms with E-state index in [0.717, 1.165) is 16.5 Å². The number of hydrogen-bond acceptors (Lipinski definition) is 21. The molecule has 0 aliphatic heterocycles. The van der Waals surface area contributed by atoms with Crippen LogP contribution in [0.2, 0.25) is 0 Å². The Labute approximate surface area is 798 Å². The predicted molar refractivity (Wildman–Crippen MR) is 522 cm³/mol. The van der Waals surface area contributed by atoms with Crippen LogP contribution in [0.1, 0.15) is 208 Å². The molecule has 136 heavy (non-hydrogen) atoms. The third-order valence-corrected chi connectivity index (χ3v) is 23.4. The Balaban J connectivity index is 1.63. The average molecular weight is 1900 g/mol. The normalized spacial score (nSPS) is 14.8. The molecule has 1 heterocycles. The van der Waals surface area contributed by atoms with Crippen LogP contribution in [0.5, 0.6) is 0 Å². The van der Waals surface area contributed by atoms with Crippen LogP contribution in [0, 0.1) is 45.8 Å². The first-order chi connectivity index (χ1) is 64.6. The molecule has 756 valence electrons. The van der Waals surface area contributed by atoms with Gasteiger partial charge in [-0.05, 0) is 188 Å². The minimum absolute atomic E-state index is 0.0000274. The van der Waals surface area contributed by atoms with E-state index in [2.05, 4.69) is 90.1 Å². The number of nitrogens with one attached hydrogen (secondary N) is 20. The summed E-state index contributed by atoms with van der Waals surface area (Å²) in [5.41, 5.74) is 43.7. The van der Waals surface area contributed by atoms with Crippen LogP contribution in [0.4, 0.5) is 0 Å². The van der Waals surface area contributed by atoms with Crippen LogP contribution < -0.4 is 125 Å². The number of amides is 13. The minimum atomic E-state index is -1.45. The van der Waals surface area contributed by atoms with Crippen LogP contribution in [0.3, 0.4) is 0 Å². The zero-order chi connectivity index (χ0) is 101. The average Bonchev–Trinajstić information content (AvgIpc) is 1.65. The molecular weight excluding hydrogens is 1750 g/mol. The number of carboxylic acids is 1. The highest BCUT2D eigenvalue weighted by molar-refractivity contribution is 6.01. The number of aliphatic carboxylic acids is 1. The summed E-state index contributed by atoms with van der Waals surface area (Å²) in [6.07, 6.45) is 4.63. The number of rotatable bonds is 66. The number of carbonyl (C=O) groups is 14. The number of nitrogens with two attached hydrogens (primary N) is 7. The lowest BCUT2D eigenvalue weighted by molar-refractivity contribution is -0.142. The molecule has 35 N–H and O–H groups in total. The zero-order valence-corrected chi connectivity index (χ0v) is 80.6. The fourth-order valence-corrected chi connectivity index (χ4v) is 15.2. The lowest BCUT2D eigenvalue weighted by atomic mass is 9.95. The van der Waals surface area contributed by atoms with Gasteiger partial charge in [-0.2, -0.15) is 0 Å². The van der Waals surface area contributed by atoms with Crippen molar-refractivity contribution in [3.8, 4) is 0 Å². The van der Waals surface area contributed by atoms with Gasteiger partial charge in [0.05, 0.1) is 6.04 Å². The molecule has 0 aliphatic rings. The SMILES string of the molecule is CC[C@H](C)[C@H](NC(=O)[C@H](CCCCN)NC(=O)[C@H](CCCNC(=N)N)NC(=O)[C@@H](NC(=O)[C@H](CC(C)C)NC(=O)[C@H](CCCCN)NC(=O)[C@H](CC(C)C)NC(=O)[C@@H](NC(=O)[C@H](CCCCN)NC(=O)[C@H](CCCNC(=N)N)NC(=O)[C@H](Cc1ccccc1)NC(=O)[C@@H](N)Cc1ccccc1)C(C)C)[C@@H](C)CC)C(=O)N[C@@H](Cc1c[nH]c2ccccc12)C(=O)N[C@@H](CCCNC(=N)N)C(=O)O. The monoisotopic (exact) mass is 1900 g/mol. The van der Waals surface area contributed by atoms with Gasteiger partial charge >= 0.3 is 5.97 Å². The van der Waals surface area contributed by atoms with Gasteiger partial charge in [-0.3, -0.25) is 78.6 Å². The van der Waals surface area contributed by atoms with Crippen LogP contribution in [0.25, 0.3) is 10.9 Å². The second kappa shape index (κ2) is 62.2. The molecule has 0 radical (unpaired) electrons. The van der Waals surface area contributed by atoms with Gasteiger partial charge in [0.2, 0.25) is 76.8 Å². The van der Waals surface area contributed by atoms with Gasteiger partial charge in [0.15, 0.2) is 17.9 Å². The Morgan fingerprint density at radius 1 is 0.338 bits per heavy atom. The number of guanidine groups is 3. The molecule has 0 spiro atoms. The molecule has 42 heteroatoms. The summed E-state index contributed by atoms with van der Waals surface area (Å²) in [4.78, 5) is 208. The van der Waals surface area contributed by atoms with Crippen molar-refractivity contribution in [2.45, 2.75) is 295 Å². The number of H-pyrrole nitrogens is 1. The van der Waals surface area contributed by atoms with E-state index in [4.69, 9.17) is 56.4 Å². The van der Waals surface area contributed by atoms with E-state index >= 15 is 14.4 Å². The number of carbonyl (C=O) groups excluding carboxylic acids is 13. The number of aromatic nitrogens is 1. The highest BCUT2D eigenvalue weighted by Gasteiger charge is 2.41.